The van der Waals surface area contributed by atoms with E-state index in [0.29, 0.717) is 13.2 Å². The molecule has 0 heterocycles. The summed E-state index contributed by atoms with van der Waals surface area (Å²) in [5.74, 6) is 0. The number of hydrogen-bond donors (Lipinski definition) is 0. The van der Waals surface area contributed by atoms with E-state index < -0.39 is 12.4 Å². The minimum absolute atomic E-state index is 0.146. The normalized spacial score (nSPS) is 12.2. The molecule has 0 saturated carbocycles. The van der Waals surface area contributed by atoms with Crippen LogP contribution in [0.15, 0.2) is 12.1 Å². The number of rotatable bonds is 6. The Morgan fingerprint density at radius 2 is 2.00 bits per heavy atom. The van der Waals surface area contributed by atoms with Crippen molar-refractivity contribution in [1.29, 1.82) is 0 Å². The minimum atomic E-state index is -4.90. The largest absolute Gasteiger partial charge is 0.506 e. The monoisotopic (exact) mass is 196 g/mol. The van der Waals surface area contributed by atoms with E-state index >= 15 is 0 Å². The Hall–Kier alpha value is -0.485. The van der Waals surface area contributed by atoms with Gasteiger partial charge in [0.1, 0.15) is 0 Å². The van der Waals surface area contributed by atoms with Crippen molar-refractivity contribution in [3.63, 3.8) is 0 Å². The molecule has 0 spiro atoms. The van der Waals surface area contributed by atoms with Crippen LogP contribution in [0.2, 0.25) is 0 Å². The maximum Gasteiger partial charge on any atom is 0.506 e. The van der Waals surface area contributed by atoms with Crippen LogP contribution in [0.25, 0.3) is 0 Å². The Balaban J connectivity index is 3.79. The van der Waals surface area contributed by atoms with E-state index in [1.807, 2.05) is 0 Å². The predicted molar refractivity (Wildman–Crippen MR) is 47.6 cm³/mol. The molecule has 0 atom stereocenters. The molecular weight excluding hydrogens is 182 g/mol. The highest BCUT2D eigenvalue weighted by atomic mass is 19.4. The van der Waals surface area contributed by atoms with Crippen molar-refractivity contribution in [2.45, 2.75) is 0 Å². The Morgan fingerprint density at radius 3 is 2.38 bits per heavy atom. The molecule has 0 N–H and O–H groups in total. The Kier molecular flexibility index (Phi) is 5.09. The molecule has 0 rings (SSSR count). The van der Waals surface area contributed by atoms with Crippen LogP contribution in [0.1, 0.15) is 0 Å². The molecule has 0 radical (unpaired) electrons. The van der Waals surface area contributed by atoms with E-state index in [2.05, 4.69) is 6.58 Å². The van der Waals surface area contributed by atoms with E-state index in [9.17, 15) is 12.9 Å². The van der Waals surface area contributed by atoms with Gasteiger partial charge in [0, 0.05) is 13.7 Å². The Bertz CT molecular complexity index is 172. The third-order valence-corrected chi connectivity index (χ3v) is 1.61. The first-order valence-electron chi connectivity index (χ1n) is 3.93. The van der Waals surface area contributed by atoms with Gasteiger partial charge in [0.2, 0.25) is 0 Å². The van der Waals surface area contributed by atoms with E-state index in [4.69, 9.17) is 4.74 Å². The van der Waals surface area contributed by atoms with Crippen LogP contribution in [0.5, 0.6) is 0 Å². The number of halogens is 3. The van der Waals surface area contributed by atoms with Gasteiger partial charge in [-0.1, -0.05) is 0 Å². The smallest absolute Gasteiger partial charge is 0.445 e. The summed E-state index contributed by atoms with van der Waals surface area (Å²) in [6.07, 6.45) is 0. The molecule has 0 aliphatic carbocycles. The van der Waals surface area contributed by atoms with Crippen molar-refractivity contribution in [3.05, 3.63) is 12.1 Å². The van der Waals surface area contributed by atoms with Crippen LogP contribution in [0.4, 0.5) is 12.9 Å². The highest BCUT2D eigenvalue weighted by molar-refractivity contribution is 6.66. The van der Waals surface area contributed by atoms with Gasteiger partial charge in [0.25, 0.3) is 0 Å². The third-order valence-electron chi connectivity index (χ3n) is 1.61. The molecule has 6 heteroatoms. The molecule has 0 aromatic carbocycles. The summed E-state index contributed by atoms with van der Waals surface area (Å²) in [5, 5.41) is 0. The maximum atomic E-state index is 12.0. The lowest BCUT2D eigenvalue weighted by atomic mass is 9.80. The van der Waals surface area contributed by atoms with Gasteiger partial charge in [-0.15, -0.1) is 12.1 Å². The average Bonchev–Trinajstić information content (AvgIpc) is 1.99. The van der Waals surface area contributed by atoms with Gasteiger partial charge in [-0.2, -0.15) is 0 Å². The SMILES string of the molecule is C=C(CN(C)CCOC)[B-](F)(F)F. The van der Waals surface area contributed by atoms with Crippen molar-refractivity contribution in [1.82, 2.24) is 4.90 Å². The maximum absolute atomic E-state index is 12.0. The summed E-state index contributed by atoms with van der Waals surface area (Å²) < 4.78 is 40.8. The second-order valence-corrected chi connectivity index (χ2v) is 2.96. The first-order valence-corrected chi connectivity index (χ1v) is 3.93. The van der Waals surface area contributed by atoms with Crippen LogP contribution in [-0.2, 0) is 4.74 Å². The van der Waals surface area contributed by atoms with Crippen molar-refractivity contribution in [2.24, 2.45) is 0 Å². The van der Waals surface area contributed by atoms with Gasteiger partial charge in [-0.25, -0.2) is 0 Å². The van der Waals surface area contributed by atoms with Crippen LogP contribution in [0, 0.1) is 0 Å². The first kappa shape index (κ1) is 12.5. The first-order chi connectivity index (χ1) is 5.88. The van der Waals surface area contributed by atoms with Crippen molar-refractivity contribution in [3.8, 4) is 0 Å². The van der Waals surface area contributed by atoms with Crippen LogP contribution in [0.3, 0.4) is 0 Å². The van der Waals surface area contributed by atoms with Gasteiger partial charge in [0.15, 0.2) is 0 Å². The molecule has 2 nitrogen and oxygen atoms in total. The lowest BCUT2D eigenvalue weighted by molar-refractivity contribution is 0.165. The van der Waals surface area contributed by atoms with Gasteiger partial charge >= 0.3 is 6.98 Å². The molecule has 0 aliphatic heterocycles. The fraction of sp³-hybridized carbons (Fsp3) is 0.714. The molecule has 0 bridgehead atoms. The summed E-state index contributed by atoms with van der Waals surface area (Å²) in [4.78, 5) is 1.53. The molecule has 0 aromatic heterocycles. The van der Waals surface area contributed by atoms with Crippen molar-refractivity contribution < 1.29 is 17.7 Å². The van der Waals surface area contributed by atoms with E-state index in [0.717, 1.165) is 0 Å². The topological polar surface area (TPSA) is 12.5 Å². The van der Waals surface area contributed by atoms with Crippen LogP contribution < -0.4 is 0 Å². The van der Waals surface area contributed by atoms with Crippen LogP contribution >= 0.6 is 0 Å². The standard InChI is InChI=1S/C7H14BF3NO/c1-7(8(9,10)11)6-12(2)4-5-13-3/h1,4-6H2,2-3H3/q-1. The summed E-state index contributed by atoms with van der Waals surface area (Å²) >= 11 is 0. The van der Waals surface area contributed by atoms with Crippen molar-refractivity contribution in [2.75, 3.05) is 33.9 Å². The Morgan fingerprint density at radius 1 is 1.46 bits per heavy atom. The van der Waals surface area contributed by atoms with Gasteiger partial charge in [-0.05, 0) is 13.6 Å². The van der Waals surface area contributed by atoms with Gasteiger partial charge < -0.3 is 22.6 Å². The molecule has 0 unspecified atom stereocenters. The molecule has 0 amide bonds. The van der Waals surface area contributed by atoms with E-state index in [1.54, 1.807) is 7.05 Å². The molecule has 0 aliphatic rings. The number of likely N-dealkylation sites (N-methyl/N-ethyl adjacent to an activating group) is 1. The zero-order chi connectivity index (χ0) is 10.5. The Labute approximate surface area is 76.4 Å². The van der Waals surface area contributed by atoms with Crippen molar-refractivity contribution >= 4 is 6.98 Å². The second-order valence-electron chi connectivity index (χ2n) is 2.96. The summed E-state index contributed by atoms with van der Waals surface area (Å²) in [6, 6.07) is 0. The lowest BCUT2D eigenvalue weighted by Gasteiger charge is -2.23. The quantitative estimate of drug-likeness (QED) is 0.597. The fourth-order valence-electron chi connectivity index (χ4n) is 0.776. The molecule has 78 valence electrons. The second kappa shape index (κ2) is 5.29. The average molecular weight is 196 g/mol. The predicted octanol–water partition coefficient (Wildman–Crippen LogP) is 1.51. The molecule has 0 saturated heterocycles. The fourth-order valence-corrected chi connectivity index (χ4v) is 0.776. The lowest BCUT2D eigenvalue weighted by Crippen LogP contribution is -2.32. The molecule has 13 heavy (non-hydrogen) atoms. The minimum Gasteiger partial charge on any atom is -0.445 e. The zero-order valence-electron chi connectivity index (χ0n) is 7.90. The number of ether oxygens (including phenoxy) is 1. The van der Waals surface area contributed by atoms with E-state index in [1.165, 1.54) is 12.0 Å². The van der Waals surface area contributed by atoms with E-state index in [-0.39, 0.29) is 6.54 Å². The summed E-state index contributed by atoms with van der Waals surface area (Å²) in [7, 11) is 3.11. The summed E-state index contributed by atoms with van der Waals surface area (Å²) in [6.45, 7) is -1.15. The number of methoxy groups -OCH3 is 1. The van der Waals surface area contributed by atoms with Gasteiger partial charge in [-0.3, -0.25) is 0 Å². The summed E-state index contributed by atoms with van der Waals surface area (Å²) in [5.41, 5.74) is -0.668. The van der Waals surface area contributed by atoms with Gasteiger partial charge in [0.05, 0.1) is 6.61 Å². The highest BCUT2D eigenvalue weighted by Gasteiger charge is 2.26. The number of nitrogens with zero attached hydrogens (tertiary/aromatic N) is 1. The molecular formula is C7H14BF3NO-. The third kappa shape index (κ3) is 5.71. The van der Waals surface area contributed by atoms with Crippen LogP contribution in [-0.4, -0.2) is 45.7 Å². The molecule has 0 aromatic rings. The zero-order valence-corrected chi connectivity index (χ0v) is 7.90. The highest BCUT2D eigenvalue weighted by Crippen LogP contribution is 2.18. The number of hydrogen-bond acceptors (Lipinski definition) is 2. The molecule has 0 fully saturated rings.